The van der Waals surface area contributed by atoms with Crippen LogP contribution in [0.15, 0.2) is 11.4 Å². The Morgan fingerprint density at radius 2 is 2.25 bits per heavy atom. The third-order valence-electron chi connectivity index (χ3n) is 5.08. The van der Waals surface area contributed by atoms with Gasteiger partial charge < -0.3 is 4.90 Å². The molecular weight excluding hydrogens is 270 g/mol. The van der Waals surface area contributed by atoms with Crippen molar-refractivity contribution in [2.24, 2.45) is 5.92 Å². The topological polar surface area (TPSA) is 47.3 Å². The van der Waals surface area contributed by atoms with Gasteiger partial charge in [0.25, 0.3) is 0 Å². The van der Waals surface area contributed by atoms with Crippen LogP contribution >= 0.6 is 11.3 Å². The average Bonchev–Trinajstić information content (AvgIpc) is 3.11. The fourth-order valence-corrected chi connectivity index (χ4v) is 4.95. The summed E-state index contributed by atoms with van der Waals surface area (Å²) in [5, 5.41) is 11.8. The number of fused-ring (bicyclic) bond motifs is 1. The number of hydrogen-bond donors (Lipinski definition) is 0. The monoisotopic (exact) mass is 287 g/mol. The van der Waals surface area contributed by atoms with Gasteiger partial charge >= 0.3 is 0 Å². The van der Waals surface area contributed by atoms with E-state index in [9.17, 15) is 4.79 Å². The minimum absolute atomic E-state index is 0.0583. The van der Waals surface area contributed by atoms with Crippen molar-refractivity contribution in [3.63, 3.8) is 0 Å². The second-order valence-corrected chi connectivity index (χ2v) is 6.90. The number of nitrogens with zero attached hydrogens (tertiary/aromatic N) is 3. The molecule has 1 aliphatic carbocycles. The second-order valence-electron chi connectivity index (χ2n) is 6.00. The number of anilines is 1. The van der Waals surface area contributed by atoms with Crippen LogP contribution in [-0.2, 0) is 4.79 Å². The minimum Gasteiger partial charge on any atom is -0.301 e. The molecule has 4 rings (SSSR count). The highest BCUT2D eigenvalue weighted by molar-refractivity contribution is 7.14. The summed E-state index contributed by atoms with van der Waals surface area (Å²) < 4.78 is 0. The summed E-state index contributed by atoms with van der Waals surface area (Å²) in [6.45, 7) is 1.86. The molecule has 1 aromatic heterocycles. The molecule has 0 aromatic carbocycles. The maximum atomic E-state index is 12.7. The Bertz CT molecular complexity index is 590. The third kappa shape index (κ3) is 1.65. The molecule has 4 nitrogen and oxygen atoms in total. The van der Waals surface area contributed by atoms with Crippen molar-refractivity contribution in [1.29, 1.82) is 5.26 Å². The lowest BCUT2D eigenvalue weighted by molar-refractivity contribution is -0.126. The fourth-order valence-electron chi connectivity index (χ4n) is 4.06. The molecule has 0 unspecified atom stereocenters. The van der Waals surface area contributed by atoms with Crippen LogP contribution < -0.4 is 4.90 Å². The van der Waals surface area contributed by atoms with Gasteiger partial charge in [-0.3, -0.25) is 9.69 Å². The number of likely N-dealkylation sites (tertiary alicyclic amines) is 1. The van der Waals surface area contributed by atoms with Crippen LogP contribution in [-0.4, -0.2) is 36.0 Å². The molecule has 1 aromatic rings. The Labute approximate surface area is 122 Å². The van der Waals surface area contributed by atoms with Crippen LogP contribution in [0.3, 0.4) is 0 Å². The molecule has 0 spiro atoms. The van der Waals surface area contributed by atoms with Crippen LogP contribution in [0.4, 0.5) is 5.00 Å². The van der Waals surface area contributed by atoms with Crippen molar-refractivity contribution < 1.29 is 4.79 Å². The van der Waals surface area contributed by atoms with E-state index in [1.165, 1.54) is 30.6 Å². The number of amides is 1. The van der Waals surface area contributed by atoms with Crippen LogP contribution in [0.25, 0.3) is 0 Å². The largest absolute Gasteiger partial charge is 0.301 e. The zero-order valence-corrected chi connectivity index (χ0v) is 12.1. The summed E-state index contributed by atoms with van der Waals surface area (Å²) in [6, 6.07) is 4.70. The molecule has 1 amide bonds. The van der Waals surface area contributed by atoms with E-state index in [-0.39, 0.29) is 11.9 Å². The van der Waals surface area contributed by atoms with E-state index in [4.69, 9.17) is 5.26 Å². The van der Waals surface area contributed by atoms with E-state index in [1.807, 2.05) is 10.3 Å². The maximum absolute atomic E-state index is 12.7. The zero-order chi connectivity index (χ0) is 13.7. The molecule has 3 atom stereocenters. The Morgan fingerprint density at radius 3 is 3.05 bits per heavy atom. The molecule has 3 aliphatic rings. The van der Waals surface area contributed by atoms with E-state index < -0.39 is 0 Å². The van der Waals surface area contributed by atoms with Gasteiger partial charge in [0.05, 0.1) is 11.6 Å². The summed E-state index contributed by atoms with van der Waals surface area (Å²) in [6.07, 6.45) is 4.83. The first-order chi connectivity index (χ1) is 9.79. The molecule has 3 heterocycles. The van der Waals surface area contributed by atoms with Gasteiger partial charge in [-0.2, -0.15) is 5.26 Å². The maximum Gasteiger partial charge on any atom is 0.245 e. The lowest BCUT2D eigenvalue weighted by Crippen LogP contribution is -2.59. The van der Waals surface area contributed by atoms with Crippen molar-refractivity contribution in [1.82, 2.24) is 4.90 Å². The van der Waals surface area contributed by atoms with E-state index in [0.29, 0.717) is 11.6 Å². The Balaban J connectivity index is 1.53. The van der Waals surface area contributed by atoms with Crippen LogP contribution in [0, 0.1) is 17.2 Å². The van der Waals surface area contributed by atoms with Gasteiger partial charge in [0.1, 0.15) is 11.1 Å². The first-order valence-corrected chi connectivity index (χ1v) is 8.22. The van der Waals surface area contributed by atoms with E-state index in [1.54, 1.807) is 6.07 Å². The van der Waals surface area contributed by atoms with Crippen molar-refractivity contribution in [3.05, 3.63) is 17.0 Å². The number of carbonyl (C=O) groups is 1. The van der Waals surface area contributed by atoms with Crippen molar-refractivity contribution in [2.75, 3.05) is 18.0 Å². The van der Waals surface area contributed by atoms with E-state index >= 15 is 0 Å². The number of hydrogen-bond acceptors (Lipinski definition) is 4. The Morgan fingerprint density at radius 1 is 1.35 bits per heavy atom. The fraction of sp³-hybridized carbons (Fsp3) is 0.600. The highest BCUT2D eigenvalue weighted by atomic mass is 32.1. The predicted octanol–water partition coefficient (Wildman–Crippen LogP) is 2.21. The van der Waals surface area contributed by atoms with Gasteiger partial charge in [-0.1, -0.05) is 6.42 Å². The van der Waals surface area contributed by atoms with Crippen molar-refractivity contribution in [2.45, 2.75) is 37.8 Å². The van der Waals surface area contributed by atoms with Crippen molar-refractivity contribution >= 4 is 22.2 Å². The molecule has 0 N–H and O–H groups in total. The lowest BCUT2D eigenvalue weighted by Gasteiger charge is -2.47. The number of nitriles is 1. The summed E-state index contributed by atoms with van der Waals surface area (Å²) >= 11 is 1.50. The van der Waals surface area contributed by atoms with Gasteiger partial charge in [0, 0.05) is 19.1 Å². The molecule has 5 heteroatoms. The standard InChI is InChI=1S/C15H17N3OS/c16-8-10-5-7-20-15(10)17-6-4-13(14(17)19)18-9-11-2-1-3-12(11)18/h5,7,11-13H,1-4,6,9H2/t11-,12-,13+/m1/s1. The number of carbonyl (C=O) groups excluding carboxylic acids is 1. The highest BCUT2D eigenvalue weighted by Crippen LogP contribution is 2.42. The van der Waals surface area contributed by atoms with E-state index in [0.717, 1.165) is 30.4 Å². The molecule has 0 radical (unpaired) electrons. The number of thiophene rings is 1. The van der Waals surface area contributed by atoms with Crippen LogP contribution in [0.1, 0.15) is 31.2 Å². The first kappa shape index (κ1) is 12.4. The smallest absolute Gasteiger partial charge is 0.245 e. The van der Waals surface area contributed by atoms with Gasteiger partial charge in [-0.15, -0.1) is 11.3 Å². The molecule has 3 fully saturated rings. The van der Waals surface area contributed by atoms with Gasteiger partial charge in [-0.05, 0) is 36.6 Å². The normalized spacial score (nSPS) is 33.0. The minimum atomic E-state index is 0.0583. The summed E-state index contributed by atoms with van der Waals surface area (Å²) in [5.74, 6) is 1.04. The molecule has 104 valence electrons. The van der Waals surface area contributed by atoms with E-state index in [2.05, 4.69) is 11.0 Å². The molecule has 0 bridgehead atoms. The molecule has 20 heavy (non-hydrogen) atoms. The van der Waals surface area contributed by atoms with Gasteiger partial charge in [0.15, 0.2) is 0 Å². The lowest BCUT2D eigenvalue weighted by atomic mass is 9.89. The van der Waals surface area contributed by atoms with Crippen LogP contribution in [0.2, 0.25) is 0 Å². The van der Waals surface area contributed by atoms with Crippen LogP contribution in [0.5, 0.6) is 0 Å². The van der Waals surface area contributed by atoms with Crippen molar-refractivity contribution in [3.8, 4) is 6.07 Å². The Hall–Kier alpha value is -1.38. The Kier molecular flexibility index (Phi) is 2.83. The molecule has 1 saturated carbocycles. The van der Waals surface area contributed by atoms with Gasteiger partial charge in [-0.25, -0.2) is 0 Å². The van der Waals surface area contributed by atoms with Gasteiger partial charge in [0.2, 0.25) is 5.91 Å². The first-order valence-electron chi connectivity index (χ1n) is 7.34. The second kappa shape index (κ2) is 4.57. The zero-order valence-electron chi connectivity index (χ0n) is 11.3. The number of rotatable bonds is 2. The summed E-state index contributed by atoms with van der Waals surface area (Å²) in [4.78, 5) is 16.9. The average molecular weight is 287 g/mol. The highest BCUT2D eigenvalue weighted by Gasteiger charge is 2.49. The quantitative estimate of drug-likeness (QED) is 0.838. The summed E-state index contributed by atoms with van der Waals surface area (Å²) in [5.41, 5.74) is 0.631. The molecule has 2 saturated heterocycles. The molecular formula is C15H17N3OS. The predicted molar refractivity (Wildman–Crippen MR) is 77.6 cm³/mol. The summed E-state index contributed by atoms with van der Waals surface area (Å²) in [7, 11) is 0. The SMILES string of the molecule is N#Cc1ccsc1N1CC[C@H](N2C[C@H]3CCC[C@H]32)C1=O. The third-order valence-corrected chi connectivity index (χ3v) is 6.01. The molecule has 2 aliphatic heterocycles.